The first-order chi connectivity index (χ1) is 16.7. The summed E-state index contributed by atoms with van der Waals surface area (Å²) in [5, 5.41) is 10.3. The van der Waals surface area contributed by atoms with Crippen LogP contribution >= 0.6 is 0 Å². The minimum atomic E-state index is -4.92. The maximum Gasteiger partial charge on any atom is 0.432 e. The van der Waals surface area contributed by atoms with Gasteiger partial charge >= 0.3 is 12.1 Å². The lowest BCUT2D eigenvalue weighted by molar-refractivity contribution is -0.142. The van der Waals surface area contributed by atoms with E-state index >= 15 is 0 Å². The van der Waals surface area contributed by atoms with E-state index in [0.717, 1.165) is 22.4 Å². The molecule has 0 aliphatic carbocycles. The molecule has 10 heteroatoms. The Morgan fingerprint density at radius 3 is 2.51 bits per heavy atom. The Hall–Kier alpha value is -4.56. The van der Waals surface area contributed by atoms with Crippen LogP contribution in [0.4, 0.5) is 13.2 Å². The third-order valence-corrected chi connectivity index (χ3v) is 5.90. The van der Waals surface area contributed by atoms with Crippen molar-refractivity contribution in [1.29, 1.82) is 0 Å². The summed E-state index contributed by atoms with van der Waals surface area (Å²) in [5.41, 5.74) is -0.397. The lowest BCUT2D eigenvalue weighted by atomic mass is 10.1. The molecule has 0 spiro atoms. The number of benzene rings is 2. The number of aromatic carboxylic acids is 1. The average Bonchev–Trinajstić information content (AvgIpc) is 3.41. The number of ether oxygens (including phenoxy) is 1. The highest BCUT2D eigenvalue weighted by Gasteiger charge is 2.40. The molecule has 7 nitrogen and oxygen atoms in total. The summed E-state index contributed by atoms with van der Waals surface area (Å²) in [6, 6.07) is 13.2. The highest BCUT2D eigenvalue weighted by Crippen LogP contribution is 2.37. The van der Waals surface area contributed by atoms with Crippen LogP contribution in [0, 0.1) is 0 Å². The number of carbonyl (C=O) groups is 1. The van der Waals surface area contributed by atoms with E-state index in [-0.39, 0.29) is 11.0 Å². The second-order valence-electron chi connectivity index (χ2n) is 7.83. The molecule has 0 atom stereocenters. The first kappa shape index (κ1) is 22.2. The normalized spacial score (nSPS) is 11.8. The lowest BCUT2D eigenvalue weighted by Gasteiger charge is -2.15. The number of alkyl halides is 3. The summed E-state index contributed by atoms with van der Waals surface area (Å²) >= 11 is 0. The van der Waals surface area contributed by atoms with Gasteiger partial charge in [0, 0.05) is 23.5 Å². The van der Waals surface area contributed by atoms with Crippen LogP contribution in [-0.4, -0.2) is 38.2 Å². The molecule has 3 heterocycles. The van der Waals surface area contributed by atoms with E-state index < -0.39 is 23.4 Å². The van der Waals surface area contributed by atoms with Gasteiger partial charge in [-0.25, -0.2) is 9.59 Å². The van der Waals surface area contributed by atoms with E-state index in [0.29, 0.717) is 34.1 Å². The summed E-state index contributed by atoms with van der Waals surface area (Å²) < 4.78 is 49.2. The van der Waals surface area contributed by atoms with Crippen LogP contribution in [0.15, 0.2) is 60.9 Å². The minimum absolute atomic E-state index is 0.0435. The summed E-state index contributed by atoms with van der Waals surface area (Å²) in [6.45, 7) is 0.292. The fourth-order valence-electron chi connectivity index (χ4n) is 4.38. The maximum absolute atomic E-state index is 13.9. The van der Waals surface area contributed by atoms with Crippen LogP contribution < -0.4 is 10.1 Å². The average molecular weight is 479 g/mol. The van der Waals surface area contributed by atoms with Gasteiger partial charge < -0.3 is 19.0 Å². The number of pyridine rings is 1. The van der Waals surface area contributed by atoms with Crippen LogP contribution in [0.2, 0.25) is 0 Å². The molecule has 0 bridgehead atoms. The van der Waals surface area contributed by atoms with Gasteiger partial charge in [-0.15, -0.1) is 0 Å². The summed E-state index contributed by atoms with van der Waals surface area (Å²) in [7, 11) is 1.55. The van der Waals surface area contributed by atoms with Crippen molar-refractivity contribution in [2.45, 2.75) is 12.7 Å². The molecular weight excluding hydrogens is 463 g/mol. The number of hydrogen-bond donors (Lipinski definition) is 1. The molecule has 2 aromatic carbocycles. The standard InChI is InChI=1S/C25H16F3N3O4/c1-35-15-7-5-14(6-8-15)12-31-18-4-2-3-16-19(11-29-22(21(16)18)20(31)13-32)30-10-9-17(24(33)34)23(30)25(26,27)28/h2-11H,12H2,1H3,(H,33,34). The SMILES string of the molecule is COc1ccc(Cn2c(=C=O)c3ncc(-n4ccc(C(=O)O)c4C(F)(F)F)c4cccc2c43)cc1. The zero-order valence-electron chi connectivity index (χ0n) is 18.1. The van der Waals surface area contributed by atoms with Crippen LogP contribution in [0.3, 0.4) is 0 Å². The number of hydrogen-bond acceptors (Lipinski definition) is 4. The second kappa shape index (κ2) is 8.03. The van der Waals surface area contributed by atoms with Crippen LogP contribution in [0.5, 0.6) is 5.75 Å². The number of carbonyl (C=O) groups excluding carboxylic acids is 1. The van der Waals surface area contributed by atoms with Crippen molar-refractivity contribution < 1.29 is 32.6 Å². The van der Waals surface area contributed by atoms with Gasteiger partial charge in [-0.05, 0) is 29.8 Å². The molecule has 1 N–H and O–H groups in total. The molecule has 0 aliphatic rings. The van der Waals surface area contributed by atoms with Gasteiger partial charge in [0.05, 0.1) is 30.1 Å². The molecule has 5 aromatic rings. The summed E-state index contributed by atoms with van der Waals surface area (Å²) in [4.78, 5) is 27.7. The topological polar surface area (TPSA) is 86.4 Å². The summed E-state index contributed by atoms with van der Waals surface area (Å²) in [5.74, 6) is 0.903. The minimum Gasteiger partial charge on any atom is -0.497 e. The number of nitrogens with zero attached hydrogens (tertiary/aromatic N) is 3. The fraction of sp³-hybridized carbons (Fsp3) is 0.120. The third-order valence-electron chi connectivity index (χ3n) is 5.90. The van der Waals surface area contributed by atoms with Gasteiger partial charge in [-0.1, -0.05) is 24.3 Å². The number of carboxylic acids is 1. The van der Waals surface area contributed by atoms with Gasteiger partial charge in [0.2, 0.25) is 0 Å². The van der Waals surface area contributed by atoms with Crippen molar-refractivity contribution in [3.8, 4) is 11.4 Å². The molecule has 0 saturated heterocycles. The predicted molar refractivity (Wildman–Crippen MR) is 121 cm³/mol. The Kier molecular flexibility index (Phi) is 5.11. The lowest BCUT2D eigenvalue weighted by Crippen LogP contribution is -2.19. The predicted octanol–water partition coefficient (Wildman–Crippen LogP) is 3.98. The quantitative estimate of drug-likeness (QED) is 0.412. The molecule has 5 rings (SSSR count). The largest absolute Gasteiger partial charge is 0.497 e. The van der Waals surface area contributed by atoms with Crippen molar-refractivity contribution in [3.05, 3.63) is 83.1 Å². The molecule has 176 valence electrons. The zero-order valence-corrected chi connectivity index (χ0v) is 18.1. The van der Waals surface area contributed by atoms with Crippen LogP contribution in [-0.2, 0) is 17.5 Å². The van der Waals surface area contributed by atoms with E-state index in [1.54, 1.807) is 42.0 Å². The Balaban J connectivity index is 1.77. The molecular formula is C25H16F3N3O4. The third kappa shape index (κ3) is 3.51. The van der Waals surface area contributed by atoms with Gasteiger partial charge in [0.1, 0.15) is 17.0 Å². The van der Waals surface area contributed by atoms with Crippen molar-refractivity contribution in [2.75, 3.05) is 7.11 Å². The summed E-state index contributed by atoms with van der Waals surface area (Å²) in [6.07, 6.45) is -2.66. The number of aromatic nitrogens is 3. The Morgan fingerprint density at radius 1 is 1.14 bits per heavy atom. The smallest absolute Gasteiger partial charge is 0.432 e. The first-order valence-electron chi connectivity index (χ1n) is 10.3. The molecule has 0 radical (unpaired) electrons. The maximum atomic E-state index is 13.9. The van der Waals surface area contributed by atoms with Crippen molar-refractivity contribution in [2.24, 2.45) is 0 Å². The monoisotopic (exact) mass is 479 g/mol. The van der Waals surface area contributed by atoms with E-state index in [1.165, 1.54) is 6.20 Å². The van der Waals surface area contributed by atoms with Crippen molar-refractivity contribution in [1.82, 2.24) is 14.1 Å². The van der Waals surface area contributed by atoms with Crippen molar-refractivity contribution in [3.63, 3.8) is 0 Å². The number of methoxy groups -OCH3 is 1. The molecule has 0 fully saturated rings. The molecule has 0 unspecified atom stereocenters. The Labute approximate surface area is 195 Å². The van der Waals surface area contributed by atoms with Crippen LogP contribution in [0.1, 0.15) is 21.6 Å². The number of carboxylic acid groups (broad SMARTS) is 1. The molecule has 3 aromatic heterocycles. The van der Waals surface area contributed by atoms with Gasteiger partial charge in [-0.2, -0.15) is 13.2 Å². The van der Waals surface area contributed by atoms with E-state index in [2.05, 4.69) is 4.98 Å². The van der Waals surface area contributed by atoms with Gasteiger partial charge in [0.25, 0.3) is 0 Å². The van der Waals surface area contributed by atoms with E-state index in [1.807, 2.05) is 18.1 Å². The number of halogens is 3. The first-order valence-corrected chi connectivity index (χ1v) is 10.3. The molecule has 35 heavy (non-hydrogen) atoms. The van der Waals surface area contributed by atoms with E-state index in [4.69, 9.17) is 4.74 Å². The van der Waals surface area contributed by atoms with Crippen LogP contribution in [0.25, 0.3) is 27.5 Å². The van der Waals surface area contributed by atoms with Gasteiger partial charge in [-0.3, -0.25) is 4.98 Å². The zero-order chi connectivity index (χ0) is 24.9. The Bertz CT molecular complexity index is 1680. The second-order valence-corrected chi connectivity index (χ2v) is 7.83. The Morgan fingerprint density at radius 2 is 1.89 bits per heavy atom. The number of rotatable bonds is 5. The molecule has 0 saturated carbocycles. The van der Waals surface area contributed by atoms with E-state index in [9.17, 15) is 27.9 Å². The fourth-order valence-corrected chi connectivity index (χ4v) is 4.38. The highest BCUT2D eigenvalue weighted by molar-refractivity contribution is 6.11. The molecule has 0 amide bonds. The molecule has 0 aliphatic heterocycles. The van der Waals surface area contributed by atoms with Gasteiger partial charge in [0.15, 0.2) is 11.3 Å². The highest BCUT2D eigenvalue weighted by atomic mass is 19.4. The van der Waals surface area contributed by atoms with Crippen molar-refractivity contribution >= 4 is 33.7 Å².